The molecule has 3 rings (SSSR count). The molecule has 0 fully saturated rings. The molecule has 3 nitrogen and oxygen atoms in total. The topological polar surface area (TPSA) is 29.0 Å². The van der Waals surface area contributed by atoms with Crippen molar-refractivity contribution in [3.05, 3.63) is 46.1 Å². The Bertz CT molecular complexity index is 637. The van der Waals surface area contributed by atoms with Gasteiger partial charge in [-0.3, -0.25) is 0 Å². The third-order valence-corrected chi connectivity index (χ3v) is 5.60. The Kier molecular flexibility index (Phi) is 5.11. The molecule has 21 heavy (non-hydrogen) atoms. The van der Waals surface area contributed by atoms with Gasteiger partial charge in [-0.25, -0.2) is 0 Å². The van der Waals surface area contributed by atoms with Crippen LogP contribution in [0.1, 0.15) is 17.7 Å². The van der Waals surface area contributed by atoms with E-state index in [1.54, 1.807) is 11.8 Å². The van der Waals surface area contributed by atoms with E-state index >= 15 is 0 Å². The number of aromatic nitrogens is 2. The van der Waals surface area contributed by atoms with Crippen molar-refractivity contribution in [2.75, 3.05) is 20.1 Å². The highest BCUT2D eigenvalue weighted by Gasteiger charge is 2.17. The van der Waals surface area contributed by atoms with Crippen LogP contribution in [0.3, 0.4) is 0 Å². The summed E-state index contributed by atoms with van der Waals surface area (Å²) >= 11 is 6.55. The van der Waals surface area contributed by atoms with Crippen LogP contribution in [0.5, 0.6) is 0 Å². The predicted octanol–water partition coefficient (Wildman–Crippen LogP) is 4.31. The molecule has 1 aliphatic heterocycles. The molecular weight excluding hydrogens is 366 g/mol. The Morgan fingerprint density at radius 2 is 2.10 bits per heavy atom. The number of halogens is 1. The van der Waals surface area contributed by atoms with Crippen LogP contribution in [-0.4, -0.2) is 33.8 Å². The highest BCUT2D eigenvalue weighted by molar-refractivity contribution is 9.10. The third-order valence-electron chi connectivity index (χ3n) is 3.39. The lowest BCUT2D eigenvalue weighted by Crippen LogP contribution is -2.25. The Balaban J connectivity index is 1.71. The van der Waals surface area contributed by atoms with Gasteiger partial charge >= 0.3 is 0 Å². The van der Waals surface area contributed by atoms with E-state index in [1.807, 2.05) is 0 Å². The van der Waals surface area contributed by atoms with Crippen molar-refractivity contribution in [1.29, 1.82) is 0 Å². The predicted molar refractivity (Wildman–Crippen MR) is 93.7 cm³/mol. The van der Waals surface area contributed by atoms with Gasteiger partial charge in [-0.05, 0) is 36.7 Å². The van der Waals surface area contributed by atoms with Gasteiger partial charge in [0.15, 0.2) is 0 Å². The summed E-state index contributed by atoms with van der Waals surface area (Å²) in [6.45, 7) is 2.10. The summed E-state index contributed by atoms with van der Waals surface area (Å²) in [7, 11) is 2.15. The SMILES string of the molecule is CN1CCC=C(c2nsnc2SCc2ccc(Br)cc2)C1. The molecule has 0 unspecified atom stereocenters. The second kappa shape index (κ2) is 7.05. The maximum atomic E-state index is 4.51. The molecule has 0 saturated heterocycles. The van der Waals surface area contributed by atoms with Crippen LogP contribution in [0.4, 0.5) is 0 Å². The molecule has 0 N–H and O–H groups in total. The average Bonchev–Trinajstić information content (AvgIpc) is 2.95. The standard InChI is InChI=1S/C15H16BrN3S2/c1-19-8-2-3-12(9-19)14-15(18-21-17-14)20-10-11-4-6-13(16)7-5-11/h3-7H,2,8-10H2,1H3. The second-order valence-electron chi connectivity index (χ2n) is 5.09. The highest BCUT2D eigenvalue weighted by atomic mass is 79.9. The van der Waals surface area contributed by atoms with Crippen molar-refractivity contribution < 1.29 is 0 Å². The van der Waals surface area contributed by atoms with Gasteiger partial charge in [0.25, 0.3) is 0 Å². The summed E-state index contributed by atoms with van der Waals surface area (Å²) < 4.78 is 10.1. The molecule has 0 bridgehead atoms. The van der Waals surface area contributed by atoms with Crippen LogP contribution in [0, 0.1) is 0 Å². The molecule has 0 spiro atoms. The van der Waals surface area contributed by atoms with Crippen molar-refractivity contribution in [3.8, 4) is 0 Å². The molecule has 2 aromatic rings. The smallest absolute Gasteiger partial charge is 0.138 e. The first-order chi connectivity index (χ1) is 10.2. The first-order valence-corrected chi connectivity index (χ1v) is 9.31. The van der Waals surface area contributed by atoms with Crippen LogP contribution >= 0.6 is 39.4 Å². The minimum absolute atomic E-state index is 0.925. The lowest BCUT2D eigenvalue weighted by Gasteiger charge is -2.22. The van der Waals surface area contributed by atoms with Gasteiger partial charge < -0.3 is 4.90 Å². The summed E-state index contributed by atoms with van der Waals surface area (Å²) in [5.41, 5.74) is 3.70. The lowest BCUT2D eigenvalue weighted by molar-refractivity contribution is 0.372. The summed E-state index contributed by atoms with van der Waals surface area (Å²) in [5.74, 6) is 0.925. The van der Waals surface area contributed by atoms with Crippen molar-refractivity contribution in [1.82, 2.24) is 13.6 Å². The Morgan fingerprint density at radius 3 is 2.86 bits per heavy atom. The summed E-state index contributed by atoms with van der Waals surface area (Å²) in [5, 5.41) is 1.06. The monoisotopic (exact) mass is 381 g/mol. The zero-order chi connectivity index (χ0) is 14.7. The summed E-state index contributed by atoms with van der Waals surface area (Å²) in [6, 6.07) is 8.44. The largest absolute Gasteiger partial charge is 0.302 e. The highest BCUT2D eigenvalue weighted by Crippen LogP contribution is 2.30. The van der Waals surface area contributed by atoms with Crippen LogP contribution in [0.25, 0.3) is 5.57 Å². The molecule has 0 atom stereocenters. The minimum Gasteiger partial charge on any atom is -0.302 e. The van der Waals surface area contributed by atoms with E-state index < -0.39 is 0 Å². The molecule has 1 aromatic heterocycles. The molecule has 6 heteroatoms. The average molecular weight is 382 g/mol. The molecular formula is C15H16BrN3S2. The minimum atomic E-state index is 0.925. The van der Waals surface area contributed by atoms with Crippen molar-refractivity contribution in [3.63, 3.8) is 0 Å². The second-order valence-corrected chi connectivity index (χ2v) is 7.50. The van der Waals surface area contributed by atoms with Crippen LogP contribution < -0.4 is 0 Å². The van der Waals surface area contributed by atoms with Crippen molar-refractivity contribution in [2.24, 2.45) is 0 Å². The Hall–Kier alpha value is -0.690. The molecule has 0 saturated carbocycles. The van der Waals surface area contributed by atoms with E-state index in [1.165, 1.54) is 22.9 Å². The maximum Gasteiger partial charge on any atom is 0.138 e. The van der Waals surface area contributed by atoms with Crippen LogP contribution in [-0.2, 0) is 5.75 Å². The molecule has 0 amide bonds. The summed E-state index contributed by atoms with van der Waals surface area (Å²) in [4.78, 5) is 2.33. The van der Waals surface area contributed by atoms with E-state index in [9.17, 15) is 0 Å². The van der Waals surface area contributed by atoms with Crippen LogP contribution in [0.15, 0.2) is 39.8 Å². The zero-order valence-corrected chi connectivity index (χ0v) is 15.0. The summed E-state index contributed by atoms with van der Waals surface area (Å²) in [6.07, 6.45) is 3.40. The number of benzene rings is 1. The number of rotatable bonds is 4. The van der Waals surface area contributed by atoms with Crippen LogP contribution in [0.2, 0.25) is 0 Å². The van der Waals surface area contributed by atoms with Crippen molar-refractivity contribution >= 4 is 45.0 Å². The Morgan fingerprint density at radius 1 is 1.29 bits per heavy atom. The quantitative estimate of drug-likeness (QED) is 0.737. The van der Waals surface area contributed by atoms with Gasteiger partial charge in [-0.2, -0.15) is 8.75 Å². The fraction of sp³-hybridized carbons (Fsp3) is 0.333. The van der Waals surface area contributed by atoms with E-state index in [0.29, 0.717) is 0 Å². The van der Waals surface area contributed by atoms with E-state index in [0.717, 1.165) is 40.5 Å². The third kappa shape index (κ3) is 3.94. The zero-order valence-electron chi connectivity index (χ0n) is 11.8. The lowest BCUT2D eigenvalue weighted by atomic mass is 10.1. The molecule has 1 aromatic carbocycles. The Labute approximate surface area is 141 Å². The van der Waals surface area contributed by atoms with Crippen molar-refractivity contribution in [2.45, 2.75) is 17.2 Å². The van der Waals surface area contributed by atoms with Gasteiger partial charge in [0.05, 0.1) is 11.7 Å². The first kappa shape index (κ1) is 15.2. The molecule has 1 aliphatic rings. The number of thioether (sulfide) groups is 1. The first-order valence-electron chi connectivity index (χ1n) is 6.80. The fourth-order valence-electron chi connectivity index (χ4n) is 2.27. The molecule has 0 radical (unpaired) electrons. The van der Waals surface area contributed by atoms with Gasteiger partial charge in [0.1, 0.15) is 10.7 Å². The maximum absolute atomic E-state index is 4.51. The molecule has 2 heterocycles. The van der Waals surface area contributed by atoms with E-state index in [4.69, 9.17) is 0 Å². The van der Waals surface area contributed by atoms with Gasteiger partial charge in [-0.15, -0.1) is 0 Å². The molecule has 110 valence electrons. The normalized spacial score (nSPS) is 16.0. The number of likely N-dealkylation sites (N-methyl/N-ethyl adjacent to an activating group) is 1. The van der Waals surface area contributed by atoms with E-state index in [-0.39, 0.29) is 0 Å². The fourth-order valence-corrected chi connectivity index (χ4v) is 4.20. The van der Waals surface area contributed by atoms with Gasteiger partial charge in [0, 0.05) is 23.3 Å². The number of hydrogen-bond donors (Lipinski definition) is 0. The molecule has 0 aliphatic carbocycles. The van der Waals surface area contributed by atoms with Gasteiger partial charge in [0.2, 0.25) is 0 Å². The number of nitrogens with zero attached hydrogens (tertiary/aromatic N) is 3. The van der Waals surface area contributed by atoms with E-state index in [2.05, 4.69) is 67.0 Å². The number of hydrogen-bond acceptors (Lipinski definition) is 5. The van der Waals surface area contributed by atoms with Gasteiger partial charge in [-0.1, -0.05) is 45.9 Å².